The first-order valence-corrected chi connectivity index (χ1v) is 4.98. The minimum absolute atomic E-state index is 0.867. The summed E-state index contributed by atoms with van der Waals surface area (Å²) < 4.78 is 0. The van der Waals surface area contributed by atoms with E-state index in [1.165, 1.54) is 25.7 Å². The zero-order valence-corrected chi connectivity index (χ0v) is 8.56. The van der Waals surface area contributed by atoms with Gasteiger partial charge in [0.05, 0.1) is 0 Å². The zero-order valence-electron chi connectivity index (χ0n) is 8.56. The molecule has 0 aliphatic carbocycles. The molecular weight excluding hydrogens is 132 g/mol. The van der Waals surface area contributed by atoms with Crippen molar-refractivity contribution in [2.24, 2.45) is 11.8 Å². The fourth-order valence-corrected chi connectivity index (χ4v) is 1.74. The SMILES string of the molecule is C[CH]CC(CCC)CC(C)C. The van der Waals surface area contributed by atoms with Crippen molar-refractivity contribution in [3.8, 4) is 0 Å². The van der Waals surface area contributed by atoms with Crippen LogP contribution >= 0.6 is 0 Å². The van der Waals surface area contributed by atoms with Crippen molar-refractivity contribution in [1.29, 1.82) is 0 Å². The standard InChI is InChI=1S/C11H23/c1-5-7-11(8-6-2)9-10(3)4/h5,10-11H,6-9H2,1-4H3. The molecule has 0 rings (SSSR count). The van der Waals surface area contributed by atoms with Crippen LogP contribution in [-0.2, 0) is 0 Å². The van der Waals surface area contributed by atoms with Crippen molar-refractivity contribution < 1.29 is 0 Å². The molecule has 0 aliphatic heterocycles. The maximum atomic E-state index is 2.32. The van der Waals surface area contributed by atoms with E-state index in [1.807, 2.05) is 0 Å². The summed E-state index contributed by atoms with van der Waals surface area (Å²) in [4.78, 5) is 0. The van der Waals surface area contributed by atoms with Crippen molar-refractivity contribution in [3.05, 3.63) is 6.42 Å². The van der Waals surface area contributed by atoms with Gasteiger partial charge >= 0.3 is 0 Å². The van der Waals surface area contributed by atoms with Gasteiger partial charge in [-0.3, -0.25) is 0 Å². The normalized spacial score (nSPS) is 11.5. The van der Waals surface area contributed by atoms with E-state index in [0.717, 1.165) is 11.8 Å². The van der Waals surface area contributed by atoms with E-state index in [-0.39, 0.29) is 0 Å². The lowest BCUT2D eigenvalue weighted by atomic mass is 9.90. The van der Waals surface area contributed by atoms with Crippen molar-refractivity contribution in [2.45, 2.75) is 53.4 Å². The lowest BCUT2D eigenvalue weighted by molar-refractivity contribution is 0.378. The molecule has 0 nitrogen and oxygen atoms in total. The van der Waals surface area contributed by atoms with Gasteiger partial charge in [0.25, 0.3) is 0 Å². The molecule has 0 aromatic heterocycles. The first-order chi connectivity index (χ1) is 5.20. The number of hydrogen-bond donors (Lipinski definition) is 0. The number of hydrogen-bond acceptors (Lipinski definition) is 0. The molecule has 0 amide bonds. The Morgan fingerprint density at radius 1 is 1.27 bits per heavy atom. The topological polar surface area (TPSA) is 0 Å². The summed E-state index contributed by atoms with van der Waals surface area (Å²) in [6.45, 7) is 9.09. The van der Waals surface area contributed by atoms with Gasteiger partial charge in [-0.2, -0.15) is 0 Å². The summed E-state index contributed by atoms with van der Waals surface area (Å²) in [6, 6.07) is 0. The molecule has 0 saturated heterocycles. The molecule has 0 aromatic carbocycles. The van der Waals surface area contributed by atoms with Crippen molar-refractivity contribution in [1.82, 2.24) is 0 Å². The molecule has 1 atom stereocenters. The van der Waals surface area contributed by atoms with Crippen molar-refractivity contribution >= 4 is 0 Å². The van der Waals surface area contributed by atoms with Gasteiger partial charge in [0.15, 0.2) is 0 Å². The van der Waals surface area contributed by atoms with Crippen LogP contribution in [0.3, 0.4) is 0 Å². The average Bonchev–Trinajstić information content (AvgIpc) is 1.87. The summed E-state index contributed by atoms with van der Waals surface area (Å²) in [5.74, 6) is 1.82. The van der Waals surface area contributed by atoms with Crippen LogP contribution in [0.5, 0.6) is 0 Å². The number of rotatable bonds is 6. The predicted octanol–water partition coefficient (Wildman–Crippen LogP) is 4.06. The molecule has 11 heavy (non-hydrogen) atoms. The van der Waals surface area contributed by atoms with E-state index in [0.29, 0.717) is 0 Å². The Hall–Kier alpha value is 0. The van der Waals surface area contributed by atoms with E-state index in [4.69, 9.17) is 0 Å². The van der Waals surface area contributed by atoms with E-state index in [9.17, 15) is 0 Å². The zero-order chi connectivity index (χ0) is 8.69. The first kappa shape index (κ1) is 11.0. The predicted molar refractivity (Wildman–Crippen MR) is 52.4 cm³/mol. The van der Waals surface area contributed by atoms with Gasteiger partial charge in [-0.1, -0.05) is 40.5 Å². The monoisotopic (exact) mass is 155 g/mol. The van der Waals surface area contributed by atoms with Crippen LogP contribution < -0.4 is 0 Å². The Bertz CT molecular complexity index is 68.1. The molecule has 1 radical (unpaired) electrons. The van der Waals surface area contributed by atoms with Gasteiger partial charge < -0.3 is 0 Å². The maximum Gasteiger partial charge on any atom is -0.0409 e. The molecule has 0 heterocycles. The Morgan fingerprint density at radius 2 is 1.91 bits per heavy atom. The molecule has 1 unspecified atom stereocenters. The fourth-order valence-electron chi connectivity index (χ4n) is 1.74. The summed E-state index contributed by atoms with van der Waals surface area (Å²) in [5, 5.41) is 0. The molecule has 0 fully saturated rings. The van der Waals surface area contributed by atoms with Gasteiger partial charge in [-0.15, -0.1) is 0 Å². The van der Waals surface area contributed by atoms with Crippen molar-refractivity contribution in [3.63, 3.8) is 0 Å². The minimum Gasteiger partial charge on any atom is -0.0654 e. The van der Waals surface area contributed by atoms with Crippen LogP contribution in [0.2, 0.25) is 0 Å². The van der Waals surface area contributed by atoms with Crippen LogP contribution in [0, 0.1) is 18.3 Å². The second-order valence-electron chi connectivity index (χ2n) is 3.93. The van der Waals surface area contributed by atoms with E-state index in [1.54, 1.807) is 0 Å². The molecular formula is C11H23. The van der Waals surface area contributed by atoms with Crippen LogP contribution in [0.4, 0.5) is 0 Å². The maximum absolute atomic E-state index is 2.32. The second kappa shape index (κ2) is 6.69. The smallest absolute Gasteiger partial charge is 0.0409 e. The highest BCUT2D eigenvalue weighted by Crippen LogP contribution is 2.21. The molecule has 0 N–H and O–H groups in total. The fraction of sp³-hybridized carbons (Fsp3) is 0.909. The van der Waals surface area contributed by atoms with E-state index >= 15 is 0 Å². The highest BCUT2D eigenvalue weighted by molar-refractivity contribution is 4.67. The van der Waals surface area contributed by atoms with Crippen molar-refractivity contribution in [2.75, 3.05) is 0 Å². The molecule has 67 valence electrons. The third kappa shape index (κ3) is 6.40. The van der Waals surface area contributed by atoms with Gasteiger partial charge in [0.1, 0.15) is 0 Å². The largest absolute Gasteiger partial charge is 0.0654 e. The van der Waals surface area contributed by atoms with E-state index < -0.39 is 0 Å². The highest BCUT2D eigenvalue weighted by Gasteiger charge is 2.08. The van der Waals surface area contributed by atoms with Crippen LogP contribution in [0.15, 0.2) is 0 Å². The Balaban J connectivity index is 3.50. The summed E-state index contributed by atoms with van der Waals surface area (Å²) in [5.41, 5.74) is 0. The van der Waals surface area contributed by atoms with Crippen LogP contribution in [0.25, 0.3) is 0 Å². The molecule has 0 bridgehead atoms. The lowest BCUT2D eigenvalue weighted by Crippen LogP contribution is -2.04. The van der Waals surface area contributed by atoms with Gasteiger partial charge in [0, 0.05) is 0 Å². The lowest BCUT2D eigenvalue weighted by Gasteiger charge is -2.16. The van der Waals surface area contributed by atoms with Crippen LogP contribution in [0.1, 0.15) is 53.4 Å². The Labute approximate surface area is 72.4 Å². The second-order valence-corrected chi connectivity index (χ2v) is 3.93. The van der Waals surface area contributed by atoms with Gasteiger partial charge in [-0.25, -0.2) is 0 Å². The molecule has 0 spiro atoms. The molecule has 0 aliphatic rings. The Kier molecular flexibility index (Phi) is 6.69. The third-order valence-corrected chi connectivity index (χ3v) is 2.07. The molecule has 0 aromatic rings. The third-order valence-electron chi connectivity index (χ3n) is 2.07. The minimum atomic E-state index is 0.867. The molecule has 0 heteroatoms. The summed E-state index contributed by atoms with van der Waals surface area (Å²) in [7, 11) is 0. The Morgan fingerprint density at radius 3 is 2.27 bits per heavy atom. The average molecular weight is 155 g/mol. The molecule has 0 saturated carbocycles. The first-order valence-electron chi connectivity index (χ1n) is 4.98. The quantitative estimate of drug-likeness (QED) is 0.542. The highest BCUT2D eigenvalue weighted by atomic mass is 14.1. The summed E-state index contributed by atoms with van der Waals surface area (Å²) in [6.07, 6.45) is 7.76. The van der Waals surface area contributed by atoms with Crippen LogP contribution in [-0.4, -0.2) is 0 Å². The summed E-state index contributed by atoms with van der Waals surface area (Å²) >= 11 is 0. The van der Waals surface area contributed by atoms with Gasteiger partial charge in [0.2, 0.25) is 0 Å². The van der Waals surface area contributed by atoms with Gasteiger partial charge in [-0.05, 0) is 31.1 Å². The van der Waals surface area contributed by atoms with E-state index in [2.05, 4.69) is 34.1 Å².